The average molecular weight is 571 g/mol. The highest BCUT2D eigenvalue weighted by molar-refractivity contribution is 7.09. The summed E-state index contributed by atoms with van der Waals surface area (Å²) < 4.78 is 0. The Labute approximate surface area is 240 Å². The average Bonchev–Trinajstić information content (AvgIpc) is 3.47. The molecular formula is C29H39ClN6O2S. The number of allylic oxidation sites excluding steroid dienone is 2. The summed E-state index contributed by atoms with van der Waals surface area (Å²) in [7, 11) is 0. The zero-order valence-corrected chi connectivity index (χ0v) is 24.0. The maximum Gasteiger partial charge on any atom is 0.245 e. The minimum Gasteiger partial charge on any atom is -0.369 e. The van der Waals surface area contributed by atoms with E-state index in [0.29, 0.717) is 37.6 Å². The van der Waals surface area contributed by atoms with Gasteiger partial charge in [0.05, 0.1) is 0 Å². The summed E-state index contributed by atoms with van der Waals surface area (Å²) in [6, 6.07) is 11.1. The second kappa shape index (κ2) is 14.1. The van der Waals surface area contributed by atoms with Gasteiger partial charge in [0.25, 0.3) is 0 Å². The molecule has 5 N–H and O–H groups in total. The largest absolute Gasteiger partial charge is 0.369 e. The zero-order valence-electron chi connectivity index (χ0n) is 22.4. The number of rotatable bonds is 12. The summed E-state index contributed by atoms with van der Waals surface area (Å²) in [5.74, 6) is -0.286. The van der Waals surface area contributed by atoms with Gasteiger partial charge in [-0.15, -0.1) is 11.3 Å². The van der Waals surface area contributed by atoms with Crippen LogP contribution in [0.3, 0.4) is 0 Å². The standard InChI is InChI=1S/C29H39ClN6O2S/c1-22(32-15-11-25-5-4-20-39-25)29(12-2-3-14-33-29)36-18-16-35(17-19-36)28(38)26(34-27(37)10-13-31)21-23-6-8-24(30)9-7-23/h2-9,12,14,20,22,26,32-33H,10-11,13,15-19,21,31H2,1H3,(H,34,37). The molecule has 3 atom stereocenters. The second-order valence-electron chi connectivity index (χ2n) is 9.99. The van der Waals surface area contributed by atoms with Crippen molar-refractivity contribution in [3.63, 3.8) is 0 Å². The van der Waals surface area contributed by atoms with Gasteiger partial charge in [0.2, 0.25) is 11.8 Å². The van der Waals surface area contributed by atoms with Gasteiger partial charge in [0.15, 0.2) is 0 Å². The highest BCUT2D eigenvalue weighted by Crippen LogP contribution is 2.24. The quantitative estimate of drug-likeness (QED) is 0.313. The molecule has 3 unspecified atom stereocenters. The molecule has 1 fully saturated rings. The van der Waals surface area contributed by atoms with Crippen LogP contribution >= 0.6 is 22.9 Å². The third kappa shape index (κ3) is 7.70. The van der Waals surface area contributed by atoms with Crippen molar-refractivity contribution in [3.8, 4) is 0 Å². The van der Waals surface area contributed by atoms with Crippen LogP contribution in [0.15, 0.2) is 66.2 Å². The fourth-order valence-corrected chi connectivity index (χ4v) is 6.06. The Morgan fingerprint density at radius 3 is 2.56 bits per heavy atom. The van der Waals surface area contributed by atoms with Crippen LogP contribution in [-0.2, 0) is 22.4 Å². The molecule has 1 aromatic heterocycles. The van der Waals surface area contributed by atoms with Crippen LogP contribution in [0.2, 0.25) is 5.02 Å². The fourth-order valence-electron chi connectivity index (χ4n) is 5.22. The molecule has 2 aromatic rings. The molecule has 1 aromatic carbocycles. The first-order valence-electron chi connectivity index (χ1n) is 13.6. The van der Waals surface area contributed by atoms with Crippen molar-refractivity contribution in [3.05, 3.63) is 81.7 Å². The van der Waals surface area contributed by atoms with Crippen LogP contribution in [0.5, 0.6) is 0 Å². The summed E-state index contributed by atoms with van der Waals surface area (Å²) in [5.41, 5.74) is 6.12. The molecule has 2 aliphatic heterocycles. The summed E-state index contributed by atoms with van der Waals surface area (Å²) in [6.07, 6.45) is 9.86. The highest BCUT2D eigenvalue weighted by Gasteiger charge is 2.42. The van der Waals surface area contributed by atoms with E-state index < -0.39 is 11.7 Å². The SMILES string of the molecule is CC(NCCc1cccs1)C1(N2CCN(C(=O)C(Cc3ccc(Cl)cc3)NC(=O)CCN)CC2)C=CC=CN1. The Hall–Kier alpha value is -2.69. The van der Waals surface area contributed by atoms with Crippen molar-refractivity contribution in [2.75, 3.05) is 39.3 Å². The number of carbonyl (C=O) groups excluding carboxylic acids is 2. The number of nitrogens with one attached hydrogen (secondary N) is 3. The van der Waals surface area contributed by atoms with E-state index in [-0.39, 0.29) is 30.8 Å². The molecule has 2 amide bonds. The Morgan fingerprint density at radius 1 is 1.15 bits per heavy atom. The van der Waals surface area contributed by atoms with E-state index in [1.54, 1.807) is 23.5 Å². The first kappa shape index (κ1) is 29.3. The molecular weight excluding hydrogens is 532 g/mol. The topological polar surface area (TPSA) is 103 Å². The predicted molar refractivity (Wildman–Crippen MR) is 159 cm³/mol. The van der Waals surface area contributed by atoms with Crippen LogP contribution < -0.4 is 21.7 Å². The van der Waals surface area contributed by atoms with Gasteiger partial charge in [-0.05, 0) is 60.8 Å². The van der Waals surface area contributed by atoms with E-state index >= 15 is 0 Å². The molecule has 0 spiro atoms. The first-order chi connectivity index (χ1) is 18.9. The lowest BCUT2D eigenvalue weighted by Gasteiger charge is -2.50. The third-order valence-corrected chi connectivity index (χ3v) is 8.59. The zero-order chi connectivity index (χ0) is 27.7. The van der Waals surface area contributed by atoms with Gasteiger partial charge in [0, 0.05) is 68.1 Å². The summed E-state index contributed by atoms with van der Waals surface area (Å²) in [4.78, 5) is 31.7. The van der Waals surface area contributed by atoms with Crippen LogP contribution in [0.4, 0.5) is 0 Å². The lowest BCUT2D eigenvalue weighted by atomic mass is 9.95. The molecule has 3 heterocycles. The molecule has 210 valence electrons. The summed E-state index contributed by atoms with van der Waals surface area (Å²) in [6.45, 7) is 5.89. The Morgan fingerprint density at radius 2 is 1.92 bits per heavy atom. The van der Waals surface area contributed by atoms with Crippen LogP contribution in [0.25, 0.3) is 0 Å². The lowest BCUT2D eigenvalue weighted by Crippen LogP contribution is -2.70. The molecule has 4 rings (SSSR count). The van der Waals surface area contributed by atoms with Gasteiger partial charge in [-0.25, -0.2) is 0 Å². The number of thiophene rings is 1. The normalized spacial score (nSPS) is 20.8. The van der Waals surface area contributed by atoms with Gasteiger partial charge in [0.1, 0.15) is 11.7 Å². The smallest absolute Gasteiger partial charge is 0.245 e. The van der Waals surface area contributed by atoms with E-state index in [1.807, 2.05) is 29.3 Å². The van der Waals surface area contributed by atoms with E-state index in [9.17, 15) is 9.59 Å². The maximum absolute atomic E-state index is 13.6. The van der Waals surface area contributed by atoms with Crippen LogP contribution in [-0.4, -0.2) is 78.6 Å². The number of amides is 2. The highest BCUT2D eigenvalue weighted by atomic mass is 35.5. The number of hydrogen-bond donors (Lipinski definition) is 4. The van der Waals surface area contributed by atoms with Crippen molar-refractivity contribution >= 4 is 34.8 Å². The first-order valence-corrected chi connectivity index (χ1v) is 14.8. The number of dihydropyridines is 1. The number of hydrogen-bond acceptors (Lipinski definition) is 7. The molecule has 0 bridgehead atoms. The maximum atomic E-state index is 13.6. The molecule has 8 nitrogen and oxygen atoms in total. The molecule has 39 heavy (non-hydrogen) atoms. The molecule has 2 aliphatic rings. The monoisotopic (exact) mass is 570 g/mol. The van der Waals surface area contributed by atoms with Gasteiger partial charge in [-0.2, -0.15) is 0 Å². The van der Waals surface area contributed by atoms with Crippen molar-refractivity contribution < 1.29 is 9.59 Å². The number of nitrogens with zero attached hydrogens (tertiary/aromatic N) is 2. The van der Waals surface area contributed by atoms with Crippen molar-refractivity contribution in [2.24, 2.45) is 5.73 Å². The number of piperazine rings is 1. The molecule has 1 saturated heterocycles. The second-order valence-corrected chi connectivity index (χ2v) is 11.5. The van der Waals surface area contributed by atoms with Gasteiger partial charge in [-0.3, -0.25) is 14.5 Å². The molecule has 10 heteroatoms. The Balaban J connectivity index is 1.39. The number of carbonyl (C=O) groups is 2. The van der Waals surface area contributed by atoms with Gasteiger partial charge < -0.3 is 26.6 Å². The van der Waals surface area contributed by atoms with Crippen molar-refractivity contribution in [1.29, 1.82) is 0 Å². The number of benzene rings is 1. The van der Waals surface area contributed by atoms with E-state index in [1.165, 1.54) is 4.88 Å². The molecule has 0 aliphatic carbocycles. The summed E-state index contributed by atoms with van der Waals surface area (Å²) >= 11 is 7.82. The Bertz CT molecular complexity index is 1130. The van der Waals surface area contributed by atoms with E-state index in [0.717, 1.165) is 18.5 Å². The number of halogens is 1. The lowest BCUT2D eigenvalue weighted by molar-refractivity contribution is -0.138. The van der Waals surface area contributed by atoms with Crippen LogP contribution in [0, 0.1) is 0 Å². The Kier molecular flexibility index (Phi) is 10.6. The summed E-state index contributed by atoms with van der Waals surface area (Å²) in [5, 5.41) is 13.0. The minimum atomic E-state index is -0.654. The van der Waals surface area contributed by atoms with Crippen LogP contribution in [0.1, 0.15) is 23.8 Å². The number of nitrogens with two attached hydrogens (primary N) is 1. The molecule has 0 saturated carbocycles. The van der Waals surface area contributed by atoms with Gasteiger partial charge in [-0.1, -0.05) is 35.9 Å². The third-order valence-electron chi connectivity index (χ3n) is 7.41. The fraction of sp³-hybridized carbons (Fsp3) is 0.448. The molecule has 0 radical (unpaired) electrons. The van der Waals surface area contributed by atoms with E-state index in [4.69, 9.17) is 17.3 Å². The van der Waals surface area contributed by atoms with Crippen molar-refractivity contribution in [2.45, 2.75) is 43.9 Å². The minimum absolute atomic E-state index is 0.0711. The van der Waals surface area contributed by atoms with Crippen molar-refractivity contribution in [1.82, 2.24) is 25.8 Å². The van der Waals surface area contributed by atoms with E-state index in [2.05, 4.69) is 57.4 Å². The predicted octanol–water partition coefficient (Wildman–Crippen LogP) is 2.51. The van der Waals surface area contributed by atoms with Gasteiger partial charge >= 0.3 is 0 Å².